The van der Waals surface area contributed by atoms with E-state index < -0.39 is 0 Å². The third-order valence-corrected chi connectivity index (χ3v) is 3.05. The monoisotopic (exact) mass is 287 g/mol. The van der Waals surface area contributed by atoms with Crippen molar-refractivity contribution < 1.29 is 0 Å². The lowest BCUT2D eigenvalue weighted by molar-refractivity contribution is 0.878. The predicted molar refractivity (Wildman–Crippen MR) is 88.5 cm³/mol. The number of hydrogen-bond donors (Lipinski definition) is 0. The van der Waals surface area contributed by atoms with Crippen LogP contribution in [0.25, 0.3) is 5.69 Å². The zero-order valence-corrected chi connectivity index (χ0v) is 13.0. The zero-order chi connectivity index (χ0) is 15.9. The number of rotatable bonds is 2. The quantitative estimate of drug-likeness (QED) is 0.620. The van der Waals surface area contributed by atoms with E-state index in [1.807, 2.05) is 63.4 Å². The SMILES string of the molecule is C/C=C\C(C#Cc1cnn(-c2cc(C)cc(C#N)c2)c1)=C/C. The minimum absolute atomic E-state index is 0.627. The van der Waals surface area contributed by atoms with Gasteiger partial charge in [-0.15, -0.1) is 0 Å². The Morgan fingerprint density at radius 3 is 2.73 bits per heavy atom. The highest BCUT2D eigenvalue weighted by atomic mass is 15.3. The number of nitriles is 1. The van der Waals surface area contributed by atoms with Gasteiger partial charge in [-0.3, -0.25) is 0 Å². The molecule has 0 unspecified atom stereocenters. The molecule has 22 heavy (non-hydrogen) atoms. The third-order valence-electron chi connectivity index (χ3n) is 3.05. The first-order valence-corrected chi connectivity index (χ1v) is 7.04. The van der Waals surface area contributed by atoms with Crippen molar-refractivity contribution in [1.29, 1.82) is 5.26 Å². The number of aromatic nitrogens is 2. The van der Waals surface area contributed by atoms with E-state index in [4.69, 9.17) is 5.26 Å². The molecule has 108 valence electrons. The summed E-state index contributed by atoms with van der Waals surface area (Å²) in [6.07, 6.45) is 9.49. The van der Waals surface area contributed by atoms with Gasteiger partial charge in [0.05, 0.1) is 29.1 Å². The number of nitrogens with zero attached hydrogens (tertiary/aromatic N) is 3. The van der Waals surface area contributed by atoms with Crippen LogP contribution in [0.15, 0.2) is 54.4 Å². The van der Waals surface area contributed by atoms with Gasteiger partial charge in [-0.25, -0.2) is 4.68 Å². The summed E-state index contributed by atoms with van der Waals surface area (Å²) in [6, 6.07) is 7.81. The van der Waals surface area contributed by atoms with E-state index in [0.29, 0.717) is 5.56 Å². The van der Waals surface area contributed by atoms with Gasteiger partial charge in [0.25, 0.3) is 0 Å². The van der Waals surface area contributed by atoms with Gasteiger partial charge in [0.15, 0.2) is 0 Å². The van der Waals surface area contributed by atoms with Crippen molar-refractivity contribution in [2.45, 2.75) is 20.8 Å². The molecule has 2 aromatic rings. The van der Waals surface area contributed by atoms with Crippen LogP contribution in [-0.2, 0) is 0 Å². The molecular weight excluding hydrogens is 270 g/mol. The molecule has 0 fully saturated rings. The summed E-state index contributed by atoms with van der Waals surface area (Å²) >= 11 is 0. The van der Waals surface area contributed by atoms with E-state index >= 15 is 0 Å². The molecule has 0 atom stereocenters. The number of allylic oxidation sites excluding steroid dienone is 4. The number of aryl methyl sites for hydroxylation is 1. The van der Waals surface area contributed by atoms with Crippen LogP contribution in [0.5, 0.6) is 0 Å². The van der Waals surface area contributed by atoms with Crippen molar-refractivity contribution in [3.05, 3.63) is 71.1 Å². The highest BCUT2D eigenvalue weighted by Crippen LogP contribution is 2.13. The number of benzene rings is 1. The molecule has 1 heterocycles. The average molecular weight is 287 g/mol. The number of hydrogen-bond acceptors (Lipinski definition) is 2. The maximum absolute atomic E-state index is 9.05. The van der Waals surface area contributed by atoms with E-state index in [9.17, 15) is 0 Å². The fourth-order valence-corrected chi connectivity index (χ4v) is 2.02. The summed E-state index contributed by atoms with van der Waals surface area (Å²) in [5.74, 6) is 6.20. The normalized spacial score (nSPS) is 11.1. The molecule has 0 spiro atoms. The molecule has 0 aliphatic carbocycles. The summed E-state index contributed by atoms with van der Waals surface area (Å²) in [7, 11) is 0. The highest BCUT2D eigenvalue weighted by molar-refractivity contribution is 5.47. The first-order chi connectivity index (χ1) is 10.7. The highest BCUT2D eigenvalue weighted by Gasteiger charge is 2.02. The summed E-state index contributed by atoms with van der Waals surface area (Å²) in [6.45, 7) is 5.89. The first kappa shape index (κ1) is 15.4. The van der Waals surface area contributed by atoms with Crippen LogP contribution in [0.2, 0.25) is 0 Å². The summed E-state index contributed by atoms with van der Waals surface area (Å²) in [4.78, 5) is 0. The van der Waals surface area contributed by atoms with Gasteiger partial charge in [0.1, 0.15) is 0 Å². The minimum Gasteiger partial charge on any atom is -0.240 e. The Labute approximate surface area is 131 Å². The lowest BCUT2D eigenvalue weighted by Gasteiger charge is -2.03. The molecular formula is C19H17N3. The second-order valence-electron chi connectivity index (χ2n) is 4.84. The van der Waals surface area contributed by atoms with Gasteiger partial charge in [0.2, 0.25) is 0 Å². The molecule has 0 N–H and O–H groups in total. The standard InChI is InChI=1S/C19H17N3/c1-4-6-16(5-2)7-8-17-13-21-22(14-17)19-10-15(3)9-18(11-19)12-20/h4-6,9-11,13-14H,1-3H3/b6-4-,16-5+. The van der Waals surface area contributed by atoms with Gasteiger partial charge in [-0.05, 0) is 44.5 Å². The van der Waals surface area contributed by atoms with Crippen LogP contribution in [-0.4, -0.2) is 9.78 Å². The molecule has 0 bridgehead atoms. The van der Waals surface area contributed by atoms with E-state index in [1.165, 1.54) is 0 Å². The fourth-order valence-electron chi connectivity index (χ4n) is 2.02. The topological polar surface area (TPSA) is 41.6 Å². The fraction of sp³-hybridized carbons (Fsp3) is 0.158. The lowest BCUT2D eigenvalue weighted by atomic mass is 10.1. The Balaban J connectivity index is 2.32. The molecule has 0 radical (unpaired) electrons. The van der Waals surface area contributed by atoms with Gasteiger partial charge in [-0.2, -0.15) is 10.4 Å². The molecule has 0 aliphatic heterocycles. The molecule has 1 aromatic carbocycles. The van der Waals surface area contributed by atoms with Gasteiger partial charge < -0.3 is 0 Å². The van der Waals surface area contributed by atoms with Crippen molar-refractivity contribution in [3.8, 4) is 23.6 Å². The van der Waals surface area contributed by atoms with Crippen LogP contribution in [0.3, 0.4) is 0 Å². The second-order valence-corrected chi connectivity index (χ2v) is 4.84. The summed E-state index contributed by atoms with van der Waals surface area (Å²) < 4.78 is 1.74. The van der Waals surface area contributed by atoms with Crippen molar-refractivity contribution in [1.82, 2.24) is 9.78 Å². The maximum Gasteiger partial charge on any atom is 0.0992 e. The molecule has 1 aromatic heterocycles. The Kier molecular flexibility index (Phi) is 4.96. The van der Waals surface area contributed by atoms with E-state index in [1.54, 1.807) is 10.9 Å². The Morgan fingerprint density at radius 1 is 1.23 bits per heavy atom. The minimum atomic E-state index is 0.627. The predicted octanol–water partition coefficient (Wildman–Crippen LogP) is 3.93. The molecule has 0 saturated heterocycles. The van der Waals surface area contributed by atoms with E-state index in [-0.39, 0.29) is 0 Å². The van der Waals surface area contributed by atoms with Gasteiger partial charge >= 0.3 is 0 Å². The van der Waals surface area contributed by atoms with Gasteiger partial charge in [-0.1, -0.05) is 30.1 Å². The maximum atomic E-state index is 9.05. The van der Waals surface area contributed by atoms with E-state index in [2.05, 4.69) is 23.0 Å². The second kappa shape index (κ2) is 7.11. The Bertz CT molecular complexity index is 834. The van der Waals surface area contributed by atoms with Crippen LogP contribution >= 0.6 is 0 Å². The van der Waals surface area contributed by atoms with Crippen molar-refractivity contribution >= 4 is 0 Å². The molecule has 0 aliphatic rings. The van der Waals surface area contributed by atoms with Crippen LogP contribution in [0, 0.1) is 30.1 Å². The summed E-state index contributed by atoms with van der Waals surface area (Å²) in [5.41, 5.74) is 4.33. The van der Waals surface area contributed by atoms with E-state index in [0.717, 1.165) is 22.4 Å². The van der Waals surface area contributed by atoms with Crippen LogP contribution in [0.1, 0.15) is 30.5 Å². The van der Waals surface area contributed by atoms with Crippen molar-refractivity contribution in [2.24, 2.45) is 0 Å². The lowest BCUT2D eigenvalue weighted by Crippen LogP contribution is -1.95. The van der Waals surface area contributed by atoms with Crippen LogP contribution < -0.4 is 0 Å². The molecule has 0 amide bonds. The smallest absolute Gasteiger partial charge is 0.0992 e. The Hall–Kier alpha value is -3.04. The largest absolute Gasteiger partial charge is 0.240 e. The summed E-state index contributed by atoms with van der Waals surface area (Å²) in [5, 5.41) is 13.4. The first-order valence-electron chi connectivity index (χ1n) is 7.04. The van der Waals surface area contributed by atoms with Crippen LogP contribution in [0.4, 0.5) is 0 Å². The molecule has 3 nitrogen and oxygen atoms in total. The zero-order valence-electron chi connectivity index (χ0n) is 13.0. The van der Waals surface area contributed by atoms with Crippen molar-refractivity contribution in [2.75, 3.05) is 0 Å². The third kappa shape index (κ3) is 3.75. The average Bonchev–Trinajstić information content (AvgIpc) is 2.99. The molecule has 2 rings (SSSR count). The molecule has 3 heteroatoms. The Morgan fingerprint density at radius 2 is 2.05 bits per heavy atom. The van der Waals surface area contributed by atoms with Gasteiger partial charge in [0, 0.05) is 11.8 Å². The van der Waals surface area contributed by atoms with Crippen molar-refractivity contribution in [3.63, 3.8) is 0 Å². The molecule has 0 saturated carbocycles.